The minimum Gasteiger partial charge on any atom is -0.446 e. The van der Waals surface area contributed by atoms with Crippen LogP contribution in [0.15, 0.2) is 34.9 Å². The molecule has 6 nitrogen and oxygen atoms in total. The van der Waals surface area contributed by atoms with Gasteiger partial charge in [-0.2, -0.15) is 0 Å². The lowest BCUT2D eigenvalue weighted by atomic mass is 10.1. The molecule has 1 heterocycles. The topological polar surface area (TPSA) is 75.4 Å². The number of nitrogens with zero attached hydrogens (tertiary/aromatic N) is 2. The average Bonchev–Trinajstić information content (AvgIpc) is 3.07. The van der Waals surface area contributed by atoms with E-state index >= 15 is 0 Å². The van der Waals surface area contributed by atoms with Crippen molar-refractivity contribution < 1.29 is 14.0 Å². The van der Waals surface area contributed by atoms with Crippen molar-refractivity contribution in [1.29, 1.82) is 0 Å². The van der Waals surface area contributed by atoms with Gasteiger partial charge in [0, 0.05) is 23.7 Å². The first-order valence-corrected chi connectivity index (χ1v) is 9.41. The lowest BCUT2D eigenvalue weighted by Crippen LogP contribution is -2.34. The monoisotopic (exact) mass is 391 g/mol. The molecule has 2 amide bonds. The number of carbonyl (C=O) groups is 2. The Labute approximate surface area is 164 Å². The van der Waals surface area contributed by atoms with Crippen LogP contribution in [0.4, 0.5) is 0 Å². The largest absolute Gasteiger partial charge is 0.446 e. The summed E-state index contributed by atoms with van der Waals surface area (Å²) < 4.78 is 5.42. The molecule has 1 N–H and O–H groups in total. The average molecular weight is 392 g/mol. The molecule has 0 fully saturated rings. The molecule has 0 bridgehead atoms. The smallest absolute Gasteiger partial charge is 0.273 e. The first-order valence-electron chi connectivity index (χ1n) is 9.03. The van der Waals surface area contributed by atoms with E-state index in [4.69, 9.17) is 16.0 Å². The van der Waals surface area contributed by atoms with Gasteiger partial charge in [-0.25, -0.2) is 4.98 Å². The number of hydrogen-bond acceptors (Lipinski definition) is 4. The highest BCUT2D eigenvalue weighted by molar-refractivity contribution is 6.30. The fourth-order valence-corrected chi connectivity index (χ4v) is 2.60. The SMILES string of the molecule is CC(C)CNC(=O)c1coc(CN(CC(C)C)C(=O)c2ccc(Cl)cc2)n1. The second-order valence-corrected chi connectivity index (χ2v) is 7.75. The summed E-state index contributed by atoms with van der Waals surface area (Å²) in [5, 5.41) is 3.37. The highest BCUT2D eigenvalue weighted by Crippen LogP contribution is 2.15. The molecule has 146 valence electrons. The summed E-state index contributed by atoms with van der Waals surface area (Å²) in [6.45, 7) is 9.39. The van der Waals surface area contributed by atoms with Gasteiger partial charge in [-0.3, -0.25) is 9.59 Å². The number of halogens is 1. The quantitative estimate of drug-likeness (QED) is 0.737. The summed E-state index contributed by atoms with van der Waals surface area (Å²) in [4.78, 5) is 30.8. The Morgan fingerprint density at radius 3 is 2.41 bits per heavy atom. The molecule has 0 atom stereocenters. The second kappa shape index (κ2) is 9.55. The van der Waals surface area contributed by atoms with E-state index in [-0.39, 0.29) is 30.0 Å². The Hall–Kier alpha value is -2.34. The van der Waals surface area contributed by atoms with Crippen LogP contribution in [0, 0.1) is 11.8 Å². The number of benzene rings is 1. The van der Waals surface area contributed by atoms with Gasteiger partial charge in [0.2, 0.25) is 5.89 Å². The molecule has 0 spiro atoms. The second-order valence-electron chi connectivity index (χ2n) is 7.32. The molecule has 0 aliphatic heterocycles. The van der Waals surface area contributed by atoms with E-state index in [1.807, 2.05) is 27.7 Å². The molecule has 0 saturated carbocycles. The van der Waals surface area contributed by atoms with Gasteiger partial charge in [0.05, 0.1) is 6.54 Å². The van der Waals surface area contributed by atoms with Gasteiger partial charge in [-0.05, 0) is 36.1 Å². The van der Waals surface area contributed by atoms with Gasteiger partial charge >= 0.3 is 0 Å². The van der Waals surface area contributed by atoms with E-state index in [1.54, 1.807) is 29.2 Å². The predicted octanol–water partition coefficient (Wildman–Crippen LogP) is 4.01. The Morgan fingerprint density at radius 2 is 1.81 bits per heavy atom. The van der Waals surface area contributed by atoms with Crippen molar-refractivity contribution in [2.24, 2.45) is 11.8 Å². The number of nitrogens with one attached hydrogen (secondary N) is 1. The lowest BCUT2D eigenvalue weighted by Gasteiger charge is -2.23. The Balaban J connectivity index is 2.11. The van der Waals surface area contributed by atoms with Crippen LogP contribution in [0.3, 0.4) is 0 Å². The van der Waals surface area contributed by atoms with Crippen molar-refractivity contribution in [3.05, 3.63) is 52.7 Å². The molecule has 1 aromatic carbocycles. The zero-order valence-electron chi connectivity index (χ0n) is 16.2. The number of hydrogen-bond donors (Lipinski definition) is 1. The number of rotatable bonds is 8. The summed E-state index contributed by atoms with van der Waals surface area (Å²) in [5.41, 5.74) is 0.760. The molecular weight excluding hydrogens is 366 g/mol. The Bertz CT molecular complexity index is 769. The van der Waals surface area contributed by atoms with Gasteiger partial charge in [-0.15, -0.1) is 0 Å². The normalized spacial score (nSPS) is 11.1. The summed E-state index contributed by atoms with van der Waals surface area (Å²) in [7, 11) is 0. The van der Waals surface area contributed by atoms with Crippen molar-refractivity contribution >= 4 is 23.4 Å². The predicted molar refractivity (Wildman–Crippen MR) is 105 cm³/mol. The maximum atomic E-state index is 12.8. The van der Waals surface area contributed by atoms with Crippen LogP contribution in [-0.4, -0.2) is 34.8 Å². The van der Waals surface area contributed by atoms with E-state index in [2.05, 4.69) is 10.3 Å². The van der Waals surface area contributed by atoms with Crippen LogP contribution in [0.25, 0.3) is 0 Å². The summed E-state index contributed by atoms with van der Waals surface area (Å²) >= 11 is 5.90. The van der Waals surface area contributed by atoms with Crippen LogP contribution in [-0.2, 0) is 6.54 Å². The molecule has 1 aromatic heterocycles. The van der Waals surface area contributed by atoms with Crippen LogP contribution >= 0.6 is 11.6 Å². The van der Waals surface area contributed by atoms with Gasteiger partial charge in [0.1, 0.15) is 6.26 Å². The van der Waals surface area contributed by atoms with E-state index in [1.165, 1.54) is 6.26 Å². The highest BCUT2D eigenvalue weighted by atomic mass is 35.5. The molecule has 0 aliphatic carbocycles. The summed E-state index contributed by atoms with van der Waals surface area (Å²) in [6, 6.07) is 6.76. The maximum absolute atomic E-state index is 12.8. The standard InChI is InChI=1S/C20H26ClN3O3/c1-13(2)9-22-19(25)17-12-27-18(23-17)11-24(10-14(3)4)20(26)15-5-7-16(21)8-6-15/h5-8,12-14H,9-11H2,1-4H3,(H,22,25). The van der Waals surface area contributed by atoms with Crippen molar-refractivity contribution in [1.82, 2.24) is 15.2 Å². The molecule has 0 unspecified atom stereocenters. The fourth-order valence-electron chi connectivity index (χ4n) is 2.47. The van der Waals surface area contributed by atoms with Crippen molar-refractivity contribution in [2.75, 3.05) is 13.1 Å². The van der Waals surface area contributed by atoms with E-state index in [9.17, 15) is 9.59 Å². The van der Waals surface area contributed by atoms with Crippen LogP contribution < -0.4 is 5.32 Å². The molecule has 0 radical (unpaired) electrons. The summed E-state index contributed by atoms with van der Waals surface area (Å²) in [5.74, 6) is 0.527. The highest BCUT2D eigenvalue weighted by Gasteiger charge is 2.21. The third-order valence-electron chi connectivity index (χ3n) is 3.75. The van der Waals surface area contributed by atoms with E-state index < -0.39 is 0 Å². The van der Waals surface area contributed by atoms with Gasteiger partial charge in [0.25, 0.3) is 11.8 Å². The minimum absolute atomic E-state index is 0.135. The molecular formula is C20H26ClN3O3. The Morgan fingerprint density at radius 1 is 1.15 bits per heavy atom. The first-order chi connectivity index (χ1) is 12.8. The third kappa shape index (κ3) is 6.40. The van der Waals surface area contributed by atoms with Crippen LogP contribution in [0.5, 0.6) is 0 Å². The third-order valence-corrected chi connectivity index (χ3v) is 4.00. The number of amides is 2. The van der Waals surface area contributed by atoms with E-state index in [0.29, 0.717) is 35.5 Å². The van der Waals surface area contributed by atoms with Crippen LogP contribution in [0.2, 0.25) is 5.02 Å². The molecule has 27 heavy (non-hydrogen) atoms. The maximum Gasteiger partial charge on any atom is 0.273 e. The van der Waals surface area contributed by atoms with Crippen molar-refractivity contribution in [2.45, 2.75) is 34.2 Å². The van der Waals surface area contributed by atoms with Crippen molar-refractivity contribution in [3.8, 4) is 0 Å². The zero-order chi connectivity index (χ0) is 20.0. The van der Waals surface area contributed by atoms with E-state index in [0.717, 1.165) is 0 Å². The lowest BCUT2D eigenvalue weighted by molar-refractivity contribution is 0.0706. The molecule has 2 aromatic rings. The molecule has 7 heteroatoms. The number of aromatic nitrogens is 1. The van der Waals surface area contributed by atoms with Crippen LogP contribution in [0.1, 0.15) is 54.4 Å². The molecule has 0 aliphatic rings. The fraction of sp³-hybridized carbons (Fsp3) is 0.450. The first kappa shape index (κ1) is 21.0. The molecule has 2 rings (SSSR count). The summed E-state index contributed by atoms with van der Waals surface area (Å²) in [6.07, 6.45) is 1.32. The van der Waals surface area contributed by atoms with Gasteiger partial charge in [0.15, 0.2) is 5.69 Å². The number of oxazole rings is 1. The number of carbonyl (C=O) groups excluding carboxylic acids is 2. The zero-order valence-corrected chi connectivity index (χ0v) is 16.9. The Kier molecular flexibility index (Phi) is 7.42. The molecule has 0 saturated heterocycles. The van der Waals surface area contributed by atoms with Gasteiger partial charge < -0.3 is 14.6 Å². The van der Waals surface area contributed by atoms with Gasteiger partial charge in [-0.1, -0.05) is 39.3 Å². The minimum atomic E-state index is -0.280. The van der Waals surface area contributed by atoms with Crippen molar-refractivity contribution in [3.63, 3.8) is 0 Å².